The van der Waals surface area contributed by atoms with Crippen LogP contribution in [0.5, 0.6) is 23.0 Å². The lowest BCUT2D eigenvalue weighted by Crippen LogP contribution is -2.39. The highest BCUT2D eigenvalue weighted by Crippen LogP contribution is 2.31. The van der Waals surface area contributed by atoms with Crippen LogP contribution in [0.3, 0.4) is 0 Å². The SMILES string of the molecule is CCOc1ccc([C@H](C)NC(=O)[C@@H](CC)Oc2cccc(OC)c2)cc1OCC. The lowest BCUT2D eigenvalue weighted by Gasteiger charge is -2.22. The van der Waals surface area contributed by atoms with Crippen molar-refractivity contribution in [2.24, 2.45) is 0 Å². The van der Waals surface area contributed by atoms with Gasteiger partial charge in [-0.2, -0.15) is 0 Å². The molecule has 0 aliphatic carbocycles. The maximum atomic E-state index is 12.8. The second-order valence-corrected chi connectivity index (χ2v) is 6.50. The minimum absolute atomic E-state index is 0.172. The molecule has 0 fully saturated rings. The minimum Gasteiger partial charge on any atom is -0.497 e. The summed E-state index contributed by atoms with van der Waals surface area (Å²) in [7, 11) is 1.60. The van der Waals surface area contributed by atoms with Crippen molar-refractivity contribution in [2.75, 3.05) is 20.3 Å². The first-order chi connectivity index (χ1) is 14.0. The number of methoxy groups -OCH3 is 1. The summed E-state index contributed by atoms with van der Waals surface area (Å²) in [6, 6.07) is 12.7. The quantitative estimate of drug-likeness (QED) is 0.599. The van der Waals surface area contributed by atoms with E-state index < -0.39 is 6.10 Å². The Hall–Kier alpha value is -2.89. The molecule has 2 aromatic rings. The van der Waals surface area contributed by atoms with Crippen LogP contribution in [0.4, 0.5) is 0 Å². The monoisotopic (exact) mass is 401 g/mol. The minimum atomic E-state index is -0.599. The van der Waals surface area contributed by atoms with E-state index in [9.17, 15) is 4.79 Å². The van der Waals surface area contributed by atoms with E-state index in [1.165, 1.54) is 0 Å². The Morgan fingerprint density at radius 3 is 2.31 bits per heavy atom. The molecule has 29 heavy (non-hydrogen) atoms. The number of carbonyl (C=O) groups is 1. The third-order valence-electron chi connectivity index (χ3n) is 4.41. The number of carbonyl (C=O) groups excluding carboxylic acids is 1. The molecule has 1 amide bonds. The molecule has 0 aliphatic heterocycles. The number of hydrogen-bond donors (Lipinski definition) is 1. The van der Waals surface area contributed by atoms with Crippen LogP contribution in [0.25, 0.3) is 0 Å². The topological polar surface area (TPSA) is 66.0 Å². The maximum absolute atomic E-state index is 12.8. The van der Waals surface area contributed by atoms with Gasteiger partial charge in [-0.15, -0.1) is 0 Å². The van der Waals surface area contributed by atoms with Gasteiger partial charge in [0.1, 0.15) is 11.5 Å². The molecule has 2 atom stereocenters. The Morgan fingerprint density at radius 2 is 1.66 bits per heavy atom. The van der Waals surface area contributed by atoms with E-state index >= 15 is 0 Å². The molecule has 0 aliphatic rings. The van der Waals surface area contributed by atoms with Gasteiger partial charge in [0, 0.05) is 6.07 Å². The van der Waals surface area contributed by atoms with E-state index in [-0.39, 0.29) is 11.9 Å². The second kappa shape index (κ2) is 11.2. The van der Waals surface area contributed by atoms with Crippen LogP contribution < -0.4 is 24.3 Å². The van der Waals surface area contributed by atoms with E-state index in [1.807, 2.05) is 64.1 Å². The molecule has 0 aromatic heterocycles. The number of hydrogen-bond acceptors (Lipinski definition) is 5. The smallest absolute Gasteiger partial charge is 0.261 e. The van der Waals surface area contributed by atoms with Crippen LogP contribution >= 0.6 is 0 Å². The molecule has 0 saturated carbocycles. The fraction of sp³-hybridized carbons (Fsp3) is 0.435. The predicted octanol–water partition coefficient (Wildman–Crippen LogP) is 4.53. The zero-order chi connectivity index (χ0) is 21.2. The zero-order valence-corrected chi connectivity index (χ0v) is 17.9. The molecule has 0 heterocycles. The zero-order valence-electron chi connectivity index (χ0n) is 17.9. The number of nitrogens with one attached hydrogen (secondary N) is 1. The van der Waals surface area contributed by atoms with Gasteiger partial charge >= 0.3 is 0 Å². The molecule has 6 nitrogen and oxygen atoms in total. The fourth-order valence-corrected chi connectivity index (χ4v) is 2.89. The Balaban J connectivity index is 2.08. The van der Waals surface area contributed by atoms with Gasteiger partial charge in [0.15, 0.2) is 17.6 Å². The van der Waals surface area contributed by atoms with Gasteiger partial charge in [0.05, 0.1) is 26.4 Å². The summed E-state index contributed by atoms with van der Waals surface area (Å²) in [5.74, 6) is 2.48. The number of benzene rings is 2. The van der Waals surface area contributed by atoms with E-state index in [0.717, 1.165) is 5.56 Å². The largest absolute Gasteiger partial charge is 0.497 e. The summed E-state index contributed by atoms with van der Waals surface area (Å²) in [4.78, 5) is 12.8. The molecular weight excluding hydrogens is 370 g/mol. The Kier molecular flexibility index (Phi) is 8.65. The lowest BCUT2D eigenvalue weighted by atomic mass is 10.1. The normalized spacial score (nSPS) is 12.6. The summed E-state index contributed by atoms with van der Waals surface area (Å²) in [5.41, 5.74) is 0.932. The van der Waals surface area contributed by atoms with Gasteiger partial charge in [0.2, 0.25) is 0 Å². The predicted molar refractivity (Wildman–Crippen MR) is 113 cm³/mol. The van der Waals surface area contributed by atoms with Gasteiger partial charge in [0.25, 0.3) is 5.91 Å². The summed E-state index contributed by atoms with van der Waals surface area (Å²) in [6.07, 6.45) is -0.0536. The summed E-state index contributed by atoms with van der Waals surface area (Å²) < 4.78 is 22.4. The first-order valence-corrected chi connectivity index (χ1v) is 10.0. The van der Waals surface area contributed by atoms with Crippen molar-refractivity contribution in [3.05, 3.63) is 48.0 Å². The molecule has 0 saturated heterocycles. The second-order valence-electron chi connectivity index (χ2n) is 6.50. The van der Waals surface area contributed by atoms with Crippen molar-refractivity contribution in [1.82, 2.24) is 5.32 Å². The molecule has 2 rings (SSSR count). The van der Waals surface area contributed by atoms with Gasteiger partial charge in [-0.3, -0.25) is 4.79 Å². The van der Waals surface area contributed by atoms with Crippen molar-refractivity contribution >= 4 is 5.91 Å². The lowest BCUT2D eigenvalue weighted by molar-refractivity contribution is -0.128. The number of ether oxygens (including phenoxy) is 4. The number of rotatable bonds is 11. The highest BCUT2D eigenvalue weighted by Gasteiger charge is 2.21. The molecular formula is C23H31NO5. The van der Waals surface area contributed by atoms with Crippen LogP contribution in [-0.4, -0.2) is 32.3 Å². The summed E-state index contributed by atoms with van der Waals surface area (Å²) in [5, 5.41) is 3.03. The van der Waals surface area contributed by atoms with Crippen LogP contribution in [-0.2, 0) is 4.79 Å². The maximum Gasteiger partial charge on any atom is 0.261 e. The van der Waals surface area contributed by atoms with Crippen molar-refractivity contribution < 1.29 is 23.7 Å². The summed E-state index contributed by atoms with van der Waals surface area (Å²) in [6.45, 7) is 8.80. The van der Waals surface area contributed by atoms with Gasteiger partial charge in [-0.05, 0) is 57.0 Å². The highest BCUT2D eigenvalue weighted by atomic mass is 16.5. The van der Waals surface area contributed by atoms with Crippen molar-refractivity contribution in [3.8, 4) is 23.0 Å². The van der Waals surface area contributed by atoms with Crippen LogP contribution in [0.1, 0.15) is 45.7 Å². The first-order valence-electron chi connectivity index (χ1n) is 10.0. The Morgan fingerprint density at radius 1 is 0.966 bits per heavy atom. The number of amides is 1. The molecule has 6 heteroatoms. The van der Waals surface area contributed by atoms with Crippen LogP contribution in [0, 0.1) is 0 Å². The third kappa shape index (κ3) is 6.31. The molecule has 0 bridgehead atoms. The Labute approximate surface area is 173 Å². The Bertz CT molecular complexity index is 793. The standard InChI is InChI=1S/C23H31NO5/c1-6-20(29-19-11-9-10-18(15-19)26-5)23(25)24-16(4)17-12-13-21(27-7-2)22(14-17)28-8-3/h9-16,20H,6-8H2,1-5H3,(H,24,25)/t16-,20+/m0/s1. The molecule has 2 aromatic carbocycles. The van der Waals surface area contributed by atoms with E-state index in [2.05, 4.69) is 5.32 Å². The van der Waals surface area contributed by atoms with Gasteiger partial charge < -0.3 is 24.3 Å². The van der Waals surface area contributed by atoms with E-state index in [0.29, 0.717) is 42.6 Å². The fourth-order valence-electron chi connectivity index (χ4n) is 2.89. The molecule has 0 spiro atoms. The highest BCUT2D eigenvalue weighted by molar-refractivity contribution is 5.81. The van der Waals surface area contributed by atoms with Crippen molar-refractivity contribution in [2.45, 2.75) is 46.3 Å². The van der Waals surface area contributed by atoms with Crippen molar-refractivity contribution in [1.29, 1.82) is 0 Å². The average molecular weight is 402 g/mol. The molecule has 0 unspecified atom stereocenters. The third-order valence-corrected chi connectivity index (χ3v) is 4.41. The first kappa shape index (κ1) is 22.4. The van der Waals surface area contributed by atoms with Gasteiger partial charge in [-0.25, -0.2) is 0 Å². The summed E-state index contributed by atoms with van der Waals surface area (Å²) >= 11 is 0. The molecule has 1 N–H and O–H groups in total. The molecule has 158 valence electrons. The average Bonchev–Trinajstić information content (AvgIpc) is 2.73. The van der Waals surface area contributed by atoms with Gasteiger partial charge in [-0.1, -0.05) is 19.1 Å². The molecule has 0 radical (unpaired) electrons. The van der Waals surface area contributed by atoms with Crippen LogP contribution in [0.2, 0.25) is 0 Å². The van der Waals surface area contributed by atoms with E-state index in [4.69, 9.17) is 18.9 Å². The van der Waals surface area contributed by atoms with E-state index in [1.54, 1.807) is 13.2 Å². The van der Waals surface area contributed by atoms with Crippen LogP contribution in [0.15, 0.2) is 42.5 Å². The van der Waals surface area contributed by atoms with Crippen molar-refractivity contribution in [3.63, 3.8) is 0 Å².